The number of halogens is 5. The van der Waals surface area contributed by atoms with E-state index in [1.807, 2.05) is 0 Å². The molecule has 0 saturated carbocycles. The molecule has 3 aliphatic heterocycles. The van der Waals surface area contributed by atoms with Crippen LogP contribution in [0, 0.1) is 11.8 Å². The lowest BCUT2D eigenvalue weighted by atomic mass is 9.92. The number of fused-ring (bicyclic) bond motifs is 1. The Labute approximate surface area is 190 Å². The number of rotatable bonds is 3. The Balaban J connectivity index is 0.000000406. The molecule has 15 heteroatoms. The van der Waals surface area contributed by atoms with Crippen molar-refractivity contribution in [1.82, 2.24) is 19.7 Å². The number of aryl methyl sites for hydroxylation is 1. The van der Waals surface area contributed by atoms with Gasteiger partial charge >= 0.3 is 12.1 Å². The van der Waals surface area contributed by atoms with Gasteiger partial charge in [-0.2, -0.15) is 18.3 Å². The number of hydrogen-bond donors (Lipinski definition) is 1. The van der Waals surface area contributed by atoms with E-state index in [9.17, 15) is 31.5 Å². The molecule has 3 aliphatic rings. The van der Waals surface area contributed by atoms with Crippen LogP contribution in [-0.4, -0.2) is 87.8 Å². The number of nitrogens with zero attached hydrogens (tertiary/aromatic N) is 4. The molecule has 1 aromatic rings. The molecule has 1 N–H and O–H groups in total. The normalized spacial score (nSPS) is 24.6. The van der Waals surface area contributed by atoms with E-state index in [0.29, 0.717) is 26.3 Å². The van der Waals surface area contributed by atoms with Crippen LogP contribution < -0.4 is 0 Å². The molecule has 3 fully saturated rings. The van der Waals surface area contributed by atoms with Gasteiger partial charge in [-0.25, -0.2) is 18.6 Å². The number of likely N-dealkylation sites (tertiary alicyclic amines) is 1. The van der Waals surface area contributed by atoms with Crippen LogP contribution in [0.4, 0.5) is 22.0 Å². The van der Waals surface area contributed by atoms with Crippen LogP contribution in [0.1, 0.15) is 35.3 Å². The number of hydrogen-bond acceptors (Lipinski definition) is 6. The zero-order valence-electron chi connectivity index (χ0n) is 18.0. The lowest BCUT2D eigenvalue weighted by molar-refractivity contribution is -0.202. The lowest BCUT2D eigenvalue weighted by Crippen LogP contribution is -2.43. The first-order valence-corrected chi connectivity index (χ1v) is 10.4. The van der Waals surface area contributed by atoms with Gasteiger partial charge in [0.05, 0.1) is 30.8 Å². The number of amides is 2. The van der Waals surface area contributed by atoms with Crippen molar-refractivity contribution in [2.24, 2.45) is 18.9 Å². The Morgan fingerprint density at radius 2 is 1.88 bits per heavy atom. The molecular weight excluding hydrogens is 475 g/mol. The summed E-state index contributed by atoms with van der Waals surface area (Å²) in [5, 5.41) is 12.2. The summed E-state index contributed by atoms with van der Waals surface area (Å²) in [5.74, 6) is -3.91. The first-order valence-electron chi connectivity index (χ1n) is 10.4. The molecule has 1 aromatic heterocycles. The molecule has 190 valence electrons. The van der Waals surface area contributed by atoms with Crippen molar-refractivity contribution in [1.29, 1.82) is 0 Å². The minimum atomic E-state index is -5.08. The molecule has 0 aromatic carbocycles. The smallest absolute Gasteiger partial charge is 0.475 e. The summed E-state index contributed by atoms with van der Waals surface area (Å²) >= 11 is 0. The fourth-order valence-corrected chi connectivity index (χ4v) is 4.09. The summed E-state index contributed by atoms with van der Waals surface area (Å²) in [6.45, 7) is 1.96. The lowest BCUT2D eigenvalue weighted by Gasteiger charge is -2.29. The maximum absolute atomic E-state index is 13.2. The molecule has 0 aliphatic carbocycles. The third-order valence-corrected chi connectivity index (χ3v) is 5.71. The molecule has 4 heterocycles. The van der Waals surface area contributed by atoms with Gasteiger partial charge in [0, 0.05) is 38.8 Å². The maximum Gasteiger partial charge on any atom is 0.490 e. The second-order valence-electron chi connectivity index (χ2n) is 8.04. The number of carboxylic acid groups (broad SMARTS) is 1. The number of carboxylic acids is 1. The SMILES string of the molecule is Cn1cc(C(=O)N2C[C@@H]3[C@@H](C(=O)N4CCCCO4)CO[C@@H]3C2)c(C(F)F)n1.O=C(O)C(F)(F)F. The van der Waals surface area contributed by atoms with Crippen LogP contribution in [0.3, 0.4) is 0 Å². The molecule has 10 nitrogen and oxygen atoms in total. The molecule has 0 bridgehead atoms. The Kier molecular flexibility index (Phi) is 7.75. The van der Waals surface area contributed by atoms with Gasteiger partial charge in [0.1, 0.15) is 5.69 Å². The highest BCUT2D eigenvalue weighted by Gasteiger charge is 2.50. The number of ether oxygens (including phenoxy) is 1. The van der Waals surface area contributed by atoms with E-state index in [1.165, 1.54) is 27.9 Å². The van der Waals surface area contributed by atoms with Gasteiger partial charge in [-0.3, -0.25) is 19.1 Å². The van der Waals surface area contributed by atoms with Gasteiger partial charge in [0.25, 0.3) is 18.2 Å². The molecule has 34 heavy (non-hydrogen) atoms. The van der Waals surface area contributed by atoms with Crippen molar-refractivity contribution in [2.45, 2.75) is 31.5 Å². The number of aromatic nitrogens is 2. The fourth-order valence-electron chi connectivity index (χ4n) is 4.09. The van der Waals surface area contributed by atoms with Crippen molar-refractivity contribution in [3.05, 3.63) is 17.5 Å². The fraction of sp³-hybridized carbons (Fsp3) is 0.684. The highest BCUT2D eigenvalue weighted by molar-refractivity contribution is 5.95. The first kappa shape index (κ1) is 25.8. The molecule has 0 unspecified atom stereocenters. The van der Waals surface area contributed by atoms with E-state index in [-0.39, 0.29) is 36.0 Å². The van der Waals surface area contributed by atoms with E-state index in [4.69, 9.17) is 19.5 Å². The Morgan fingerprint density at radius 1 is 1.21 bits per heavy atom. The third-order valence-electron chi connectivity index (χ3n) is 5.71. The highest BCUT2D eigenvalue weighted by atomic mass is 19.4. The first-order chi connectivity index (χ1) is 15.9. The number of carbonyl (C=O) groups excluding carboxylic acids is 2. The van der Waals surface area contributed by atoms with Gasteiger partial charge in [0.15, 0.2) is 0 Å². The number of carbonyl (C=O) groups is 3. The van der Waals surface area contributed by atoms with Crippen LogP contribution in [0.15, 0.2) is 6.20 Å². The van der Waals surface area contributed by atoms with Gasteiger partial charge < -0.3 is 14.7 Å². The molecule has 4 rings (SSSR count). The number of hydroxylamine groups is 2. The topological polar surface area (TPSA) is 114 Å². The van der Waals surface area contributed by atoms with Crippen molar-refractivity contribution in [2.75, 3.05) is 32.8 Å². The molecule has 3 saturated heterocycles. The standard InChI is InChI=1S/C17H22F2N4O4.C2HF3O2/c1-21-6-11(14(20-21)15(18)19)16(24)22-7-10-12(9-26-13(10)8-22)17(25)23-4-2-3-5-27-23;3-2(4,5)1(6)7/h6,10,12-13,15H,2-5,7-9H2,1H3;(H,6,7)/t10-,12+,13-;/m1./s1. The summed E-state index contributed by atoms with van der Waals surface area (Å²) in [5.41, 5.74) is -0.621. The summed E-state index contributed by atoms with van der Waals surface area (Å²) in [4.78, 5) is 41.3. The van der Waals surface area contributed by atoms with Crippen molar-refractivity contribution in [3.63, 3.8) is 0 Å². The second kappa shape index (κ2) is 10.2. The van der Waals surface area contributed by atoms with Crippen molar-refractivity contribution in [3.8, 4) is 0 Å². The van der Waals surface area contributed by atoms with Crippen LogP contribution in [0.25, 0.3) is 0 Å². The number of aliphatic carboxylic acids is 1. The van der Waals surface area contributed by atoms with Crippen LogP contribution in [0.2, 0.25) is 0 Å². The monoisotopic (exact) mass is 498 g/mol. The summed E-state index contributed by atoms with van der Waals surface area (Å²) < 4.78 is 65.0. The zero-order valence-corrected chi connectivity index (χ0v) is 18.0. The summed E-state index contributed by atoms with van der Waals surface area (Å²) in [6.07, 6.45) is -5.04. The van der Waals surface area contributed by atoms with E-state index in [2.05, 4.69) is 5.10 Å². The van der Waals surface area contributed by atoms with Crippen molar-refractivity contribution >= 4 is 17.8 Å². The van der Waals surface area contributed by atoms with Gasteiger partial charge in [-0.1, -0.05) is 0 Å². The third kappa shape index (κ3) is 5.63. The number of alkyl halides is 5. The molecular formula is C19H23F5N4O6. The minimum Gasteiger partial charge on any atom is -0.475 e. The average Bonchev–Trinajstić information content (AvgIpc) is 3.47. The van der Waals surface area contributed by atoms with Gasteiger partial charge in [-0.15, -0.1) is 0 Å². The molecule has 0 spiro atoms. The Bertz CT molecular complexity index is 917. The maximum atomic E-state index is 13.2. The zero-order chi connectivity index (χ0) is 25.2. The van der Waals surface area contributed by atoms with Crippen LogP contribution >= 0.6 is 0 Å². The van der Waals surface area contributed by atoms with Crippen molar-refractivity contribution < 1.29 is 51.0 Å². The van der Waals surface area contributed by atoms with Gasteiger partial charge in [0.2, 0.25) is 0 Å². The van der Waals surface area contributed by atoms with Crippen LogP contribution in [-0.2, 0) is 26.2 Å². The van der Waals surface area contributed by atoms with E-state index in [0.717, 1.165) is 12.8 Å². The van der Waals surface area contributed by atoms with E-state index in [1.54, 1.807) is 0 Å². The second-order valence-corrected chi connectivity index (χ2v) is 8.04. The Hall–Kier alpha value is -2.81. The Morgan fingerprint density at radius 3 is 2.44 bits per heavy atom. The predicted octanol–water partition coefficient (Wildman–Crippen LogP) is 1.63. The highest BCUT2D eigenvalue weighted by Crippen LogP contribution is 2.36. The molecule has 3 atom stereocenters. The van der Waals surface area contributed by atoms with Crippen LogP contribution in [0.5, 0.6) is 0 Å². The minimum absolute atomic E-state index is 0.102. The largest absolute Gasteiger partial charge is 0.490 e. The molecule has 0 radical (unpaired) electrons. The van der Waals surface area contributed by atoms with E-state index >= 15 is 0 Å². The summed E-state index contributed by atoms with van der Waals surface area (Å²) in [7, 11) is 1.50. The summed E-state index contributed by atoms with van der Waals surface area (Å²) in [6, 6.07) is 0. The predicted molar refractivity (Wildman–Crippen MR) is 101 cm³/mol. The average molecular weight is 498 g/mol. The van der Waals surface area contributed by atoms with Gasteiger partial charge in [-0.05, 0) is 12.8 Å². The van der Waals surface area contributed by atoms with E-state index < -0.39 is 30.2 Å². The molecule has 2 amide bonds. The quantitative estimate of drug-likeness (QED) is 0.631.